The Morgan fingerprint density at radius 1 is 1.20 bits per heavy atom. The number of allylic oxidation sites excluding steroid dienone is 1. The molecular formula is C18H16ClFN4S. The first-order valence-electron chi connectivity index (χ1n) is 7.55. The molecule has 25 heavy (non-hydrogen) atoms. The fourth-order valence-corrected chi connectivity index (χ4v) is 3.41. The maximum absolute atomic E-state index is 13.9. The molecule has 0 bridgehead atoms. The SMILES string of the molecule is C=CCn1c(SCc2ccc(Cl)cc2F)nnc1-c1ccc(N)cc1. The Hall–Kier alpha value is -2.31. The lowest BCUT2D eigenvalue weighted by molar-refractivity contribution is 0.617. The fraction of sp³-hybridized carbons (Fsp3) is 0.111. The molecule has 7 heteroatoms. The van der Waals surface area contributed by atoms with Gasteiger partial charge in [0.15, 0.2) is 11.0 Å². The van der Waals surface area contributed by atoms with Crippen LogP contribution in [0.25, 0.3) is 11.4 Å². The summed E-state index contributed by atoms with van der Waals surface area (Å²) < 4.78 is 15.9. The lowest BCUT2D eigenvalue weighted by Gasteiger charge is -2.08. The van der Waals surface area contributed by atoms with Gasteiger partial charge in [-0.3, -0.25) is 4.57 Å². The van der Waals surface area contributed by atoms with Crippen molar-refractivity contribution in [3.05, 3.63) is 71.5 Å². The van der Waals surface area contributed by atoms with Gasteiger partial charge in [0.1, 0.15) is 5.82 Å². The number of thioether (sulfide) groups is 1. The Labute approximate surface area is 154 Å². The van der Waals surface area contributed by atoms with E-state index in [0.29, 0.717) is 33.7 Å². The minimum atomic E-state index is -0.325. The monoisotopic (exact) mass is 374 g/mol. The zero-order valence-corrected chi connectivity index (χ0v) is 14.9. The van der Waals surface area contributed by atoms with Crippen LogP contribution >= 0.6 is 23.4 Å². The van der Waals surface area contributed by atoms with Gasteiger partial charge in [0.25, 0.3) is 0 Å². The quantitative estimate of drug-likeness (QED) is 0.382. The zero-order chi connectivity index (χ0) is 17.8. The molecule has 0 amide bonds. The third-order valence-corrected chi connectivity index (χ3v) is 4.82. The van der Waals surface area contributed by atoms with E-state index in [1.165, 1.54) is 17.8 Å². The number of halogens is 2. The van der Waals surface area contributed by atoms with Crippen molar-refractivity contribution in [1.29, 1.82) is 0 Å². The predicted molar refractivity (Wildman–Crippen MR) is 101 cm³/mol. The summed E-state index contributed by atoms with van der Waals surface area (Å²) in [5, 5.41) is 9.59. The molecule has 0 aliphatic carbocycles. The molecule has 3 aromatic rings. The number of nitrogens with two attached hydrogens (primary N) is 1. The van der Waals surface area contributed by atoms with Crippen molar-refractivity contribution in [3.63, 3.8) is 0 Å². The summed E-state index contributed by atoms with van der Waals surface area (Å²) in [4.78, 5) is 0. The summed E-state index contributed by atoms with van der Waals surface area (Å²) >= 11 is 7.20. The molecule has 0 unspecified atom stereocenters. The highest BCUT2D eigenvalue weighted by atomic mass is 35.5. The number of nitrogens with zero attached hydrogens (tertiary/aromatic N) is 3. The van der Waals surface area contributed by atoms with Crippen molar-refractivity contribution in [1.82, 2.24) is 14.8 Å². The highest BCUT2D eigenvalue weighted by molar-refractivity contribution is 7.98. The van der Waals surface area contributed by atoms with Gasteiger partial charge >= 0.3 is 0 Å². The topological polar surface area (TPSA) is 56.7 Å². The molecule has 4 nitrogen and oxygen atoms in total. The van der Waals surface area contributed by atoms with E-state index >= 15 is 0 Å². The minimum Gasteiger partial charge on any atom is -0.399 e. The van der Waals surface area contributed by atoms with Gasteiger partial charge in [-0.05, 0) is 42.0 Å². The number of aromatic nitrogens is 3. The van der Waals surface area contributed by atoms with Crippen LogP contribution in [0.4, 0.5) is 10.1 Å². The van der Waals surface area contributed by atoms with Crippen LogP contribution in [0.5, 0.6) is 0 Å². The maximum Gasteiger partial charge on any atom is 0.192 e. The van der Waals surface area contributed by atoms with Crippen molar-refractivity contribution in [2.24, 2.45) is 0 Å². The van der Waals surface area contributed by atoms with Crippen LogP contribution in [0.3, 0.4) is 0 Å². The van der Waals surface area contributed by atoms with E-state index in [9.17, 15) is 4.39 Å². The van der Waals surface area contributed by atoms with Crippen LogP contribution < -0.4 is 5.73 Å². The van der Waals surface area contributed by atoms with Crippen LogP contribution in [0.15, 0.2) is 60.3 Å². The Balaban J connectivity index is 1.86. The van der Waals surface area contributed by atoms with E-state index in [4.69, 9.17) is 17.3 Å². The number of anilines is 1. The lowest BCUT2D eigenvalue weighted by Crippen LogP contribution is -2.01. The molecule has 128 valence electrons. The fourth-order valence-electron chi connectivity index (χ4n) is 2.32. The van der Waals surface area contributed by atoms with Crippen molar-refractivity contribution < 1.29 is 4.39 Å². The van der Waals surface area contributed by atoms with Crippen molar-refractivity contribution >= 4 is 29.1 Å². The van der Waals surface area contributed by atoms with Crippen molar-refractivity contribution in [3.8, 4) is 11.4 Å². The molecule has 1 heterocycles. The third kappa shape index (κ3) is 4.03. The highest BCUT2D eigenvalue weighted by Gasteiger charge is 2.14. The van der Waals surface area contributed by atoms with Crippen molar-refractivity contribution in [2.75, 3.05) is 5.73 Å². The molecule has 0 aliphatic heterocycles. The molecule has 0 radical (unpaired) electrons. The molecule has 1 aromatic heterocycles. The van der Waals surface area contributed by atoms with Gasteiger partial charge < -0.3 is 5.73 Å². The molecule has 0 fully saturated rings. The van der Waals surface area contributed by atoms with E-state index in [1.807, 2.05) is 28.8 Å². The molecule has 2 N–H and O–H groups in total. The molecule has 2 aromatic carbocycles. The molecule has 0 aliphatic rings. The Morgan fingerprint density at radius 2 is 1.96 bits per heavy atom. The zero-order valence-electron chi connectivity index (χ0n) is 13.3. The van der Waals surface area contributed by atoms with Gasteiger partial charge in [0.2, 0.25) is 0 Å². The Kier molecular flexibility index (Phi) is 5.40. The lowest BCUT2D eigenvalue weighted by atomic mass is 10.2. The predicted octanol–water partition coefficient (Wildman–Crippen LogP) is 4.80. The molecular weight excluding hydrogens is 359 g/mol. The van der Waals surface area contributed by atoms with Gasteiger partial charge in [0, 0.05) is 28.6 Å². The first-order chi connectivity index (χ1) is 12.1. The second-order valence-electron chi connectivity index (χ2n) is 5.35. The summed E-state index contributed by atoms with van der Waals surface area (Å²) in [6.07, 6.45) is 1.77. The van der Waals surface area contributed by atoms with Crippen molar-refractivity contribution in [2.45, 2.75) is 17.5 Å². The molecule has 0 spiro atoms. The summed E-state index contributed by atoms with van der Waals surface area (Å²) in [6, 6.07) is 12.1. The summed E-state index contributed by atoms with van der Waals surface area (Å²) in [6.45, 7) is 4.34. The molecule has 0 saturated carbocycles. The third-order valence-electron chi connectivity index (χ3n) is 3.57. The van der Waals surface area contributed by atoms with E-state index in [1.54, 1.807) is 18.2 Å². The van der Waals surface area contributed by atoms with Crippen LogP contribution in [0.2, 0.25) is 5.02 Å². The van der Waals surface area contributed by atoms with E-state index in [-0.39, 0.29) is 5.82 Å². The molecule has 3 rings (SSSR count). The Morgan fingerprint density at radius 3 is 2.64 bits per heavy atom. The maximum atomic E-state index is 13.9. The summed E-state index contributed by atoms with van der Waals surface area (Å²) in [7, 11) is 0. The Bertz CT molecular complexity index is 893. The minimum absolute atomic E-state index is 0.325. The number of hydrogen-bond acceptors (Lipinski definition) is 4. The average molecular weight is 375 g/mol. The van der Waals surface area contributed by atoms with Crippen LogP contribution in [0, 0.1) is 5.82 Å². The van der Waals surface area contributed by atoms with Gasteiger partial charge in [-0.1, -0.05) is 35.5 Å². The van der Waals surface area contributed by atoms with E-state index < -0.39 is 0 Å². The van der Waals surface area contributed by atoms with Gasteiger partial charge in [-0.25, -0.2) is 4.39 Å². The number of rotatable bonds is 6. The average Bonchev–Trinajstić information content (AvgIpc) is 2.98. The first kappa shape index (κ1) is 17.5. The first-order valence-corrected chi connectivity index (χ1v) is 8.91. The van der Waals surface area contributed by atoms with Crippen LogP contribution in [0.1, 0.15) is 5.56 Å². The normalized spacial score (nSPS) is 10.8. The van der Waals surface area contributed by atoms with Gasteiger partial charge in [-0.2, -0.15) is 0 Å². The number of nitrogen functional groups attached to an aromatic ring is 1. The molecule has 0 saturated heterocycles. The van der Waals surface area contributed by atoms with E-state index in [0.717, 1.165) is 11.4 Å². The summed E-state index contributed by atoms with van der Waals surface area (Å²) in [5.74, 6) is 0.826. The number of benzene rings is 2. The standard InChI is InChI=1S/C18H16ClFN4S/c1-2-9-24-17(12-4-7-15(21)8-5-12)22-23-18(24)25-11-13-3-6-14(19)10-16(13)20/h2-8,10H,1,9,11,21H2. The van der Waals surface area contributed by atoms with Gasteiger partial charge in [0.05, 0.1) is 0 Å². The van der Waals surface area contributed by atoms with Gasteiger partial charge in [-0.15, -0.1) is 16.8 Å². The molecule has 0 atom stereocenters. The smallest absolute Gasteiger partial charge is 0.192 e. The largest absolute Gasteiger partial charge is 0.399 e. The van der Waals surface area contributed by atoms with Crippen LogP contribution in [-0.4, -0.2) is 14.8 Å². The van der Waals surface area contributed by atoms with E-state index in [2.05, 4.69) is 16.8 Å². The second-order valence-corrected chi connectivity index (χ2v) is 6.73. The highest BCUT2D eigenvalue weighted by Crippen LogP contribution is 2.28. The number of hydrogen-bond donors (Lipinski definition) is 1. The van der Waals surface area contributed by atoms with Crippen LogP contribution in [-0.2, 0) is 12.3 Å². The second kappa shape index (κ2) is 7.72. The summed E-state index contributed by atoms with van der Waals surface area (Å²) in [5.41, 5.74) is 7.90.